The van der Waals surface area contributed by atoms with Crippen LogP contribution in [0.1, 0.15) is 37.0 Å². The molecule has 0 unspecified atom stereocenters. The minimum absolute atomic E-state index is 0.115. The molecule has 1 aromatic rings. The van der Waals surface area contributed by atoms with Crippen LogP contribution in [0, 0.1) is 5.92 Å². The van der Waals surface area contributed by atoms with E-state index in [9.17, 15) is 13.2 Å². The standard InChI is InChI=1S/C17H25BrN2O4S/c1-3-13(4-2)12-19-17(21)14-5-6-15(18)16(11-14)25(22,23)20-7-9-24-10-8-20/h5-6,11,13H,3-4,7-10,12H2,1-2H3,(H,19,21). The van der Waals surface area contributed by atoms with Crippen LogP contribution in [0.4, 0.5) is 0 Å². The second kappa shape index (κ2) is 9.12. The van der Waals surface area contributed by atoms with E-state index in [4.69, 9.17) is 4.74 Å². The van der Waals surface area contributed by atoms with Crippen LogP contribution in [0.3, 0.4) is 0 Å². The molecule has 1 N–H and O–H groups in total. The Morgan fingerprint density at radius 2 is 1.92 bits per heavy atom. The van der Waals surface area contributed by atoms with Crippen LogP contribution < -0.4 is 5.32 Å². The maximum atomic E-state index is 12.9. The number of amides is 1. The van der Waals surface area contributed by atoms with Crippen LogP contribution in [0.2, 0.25) is 0 Å². The molecule has 0 aromatic heterocycles. The van der Waals surface area contributed by atoms with Crippen molar-refractivity contribution in [1.82, 2.24) is 9.62 Å². The molecular formula is C17H25BrN2O4S. The Kier molecular flexibility index (Phi) is 7.42. The summed E-state index contributed by atoms with van der Waals surface area (Å²) in [6.45, 7) is 6.17. The van der Waals surface area contributed by atoms with Crippen molar-refractivity contribution in [2.45, 2.75) is 31.6 Å². The van der Waals surface area contributed by atoms with Gasteiger partial charge < -0.3 is 10.1 Å². The smallest absolute Gasteiger partial charge is 0.251 e. The number of sulfonamides is 1. The van der Waals surface area contributed by atoms with Gasteiger partial charge in [-0.3, -0.25) is 4.79 Å². The number of halogens is 1. The molecule has 1 amide bonds. The van der Waals surface area contributed by atoms with Crippen molar-refractivity contribution < 1.29 is 17.9 Å². The molecule has 0 bridgehead atoms. The minimum Gasteiger partial charge on any atom is -0.379 e. The summed E-state index contributed by atoms with van der Waals surface area (Å²) >= 11 is 3.30. The molecule has 25 heavy (non-hydrogen) atoms. The lowest BCUT2D eigenvalue weighted by Gasteiger charge is -2.26. The van der Waals surface area contributed by atoms with Crippen LogP contribution in [-0.2, 0) is 14.8 Å². The van der Waals surface area contributed by atoms with Gasteiger partial charge in [-0.2, -0.15) is 4.31 Å². The van der Waals surface area contributed by atoms with Gasteiger partial charge in [-0.15, -0.1) is 0 Å². The largest absolute Gasteiger partial charge is 0.379 e. The summed E-state index contributed by atoms with van der Waals surface area (Å²) in [5, 5.41) is 2.90. The zero-order valence-corrected chi connectivity index (χ0v) is 17.0. The second-order valence-corrected chi connectivity index (χ2v) is 8.81. The first-order valence-corrected chi connectivity index (χ1v) is 10.8. The summed E-state index contributed by atoms with van der Waals surface area (Å²) in [6, 6.07) is 4.68. The Labute approximate surface area is 158 Å². The minimum atomic E-state index is -3.66. The molecule has 1 heterocycles. The number of rotatable bonds is 7. The average Bonchev–Trinajstić information content (AvgIpc) is 2.63. The molecule has 0 atom stereocenters. The normalized spacial score (nSPS) is 16.2. The first-order chi connectivity index (χ1) is 11.9. The molecule has 0 aliphatic carbocycles. The fourth-order valence-electron chi connectivity index (χ4n) is 2.68. The Balaban J connectivity index is 2.20. The van der Waals surface area contributed by atoms with Crippen molar-refractivity contribution in [2.75, 3.05) is 32.8 Å². The molecule has 1 fully saturated rings. The van der Waals surface area contributed by atoms with Gasteiger partial charge in [-0.1, -0.05) is 26.7 Å². The van der Waals surface area contributed by atoms with E-state index in [1.54, 1.807) is 12.1 Å². The van der Waals surface area contributed by atoms with Gasteiger partial charge >= 0.3 is 0 Å². The van der Waals surface area contributed by atoms with Crippen molar-refractivity contribution in [3.63, 3.8) is 0 Å². The Hall–Kier alpha value is -0.960. The number of benzene rings is 1. The van der Waals surface area contributed by atoms with Gasteiger partial charge in [0, 0.05) is 29.7 Å². The maximum absolute atomic E-state index is 12.9. The van der Waals surface area contributed by atoms with Crippen molar-refractivity contribution in [3.8, 4) is 0 Å². The predicted molar refractivity (Wildman–Crippen MR) is 100 cm³/mol. The highest BCUT2D eigenvalue weighted by molar-refractivity contribution is 9.10. The third-order valence-corrected chi connectivity index (χ3v) is 7.38. The molecular weight excluding hydrogens is 408 g/mol. The molecule has 140 valence electrons. The lowest BCUT2D eigenvalue weighted by molar-refractivity contribution is 0.0730. The number of hydrogen-bond acceptors (Lipinski definition) is 4. The third-order valence-electron chi connectivity index (χ3n) is 4.49. The molecule has 0 radical (unpaired) electrons. The second-order valence-electron chi connectivity index (χ2n) is 6.05. The van der Waals surface area contributed by atoms with E-state index in [0.717, 1.165) is 12.8 Å². The van der Waals surface area contributed by atoms with Crippen LogP contribution in [-0.4, -0.2) is 51.5 Å². The van der Waals surface area contributed by atoms with E-state index in [0.29, 0.717) is 48.8 Å². The molecule has 1 aliphatic rings. The molecule has 6 nitrogen and oxygen atoms in total. The van der Waals surface area contributed by atoms with E-state index in [-0.39, 0.29) is 10.8 Å². The van der Waals surface area contributed by atoms with Gasteiger partial charge in [0.1, 0.15) is 0 Å². The van der Waals surface area contributed by atoms with Crippen molar-refractivity contribution >= 4 is 31.9 Å². The molecule has 0 saturated carbocycles. The first kappa shape index (κ1) is 20.4. The lowest BCUT2D eigenvalue weighted by Crippen LogP contribution is -2.40. The monoisotopic (exact) mass is 432 g/mol. The van der Waals surface area contributed by atoms with Crippen LogP contribution in [0.5, 0.6) is 0 Å². The van der Waals surface area contributed by atoms with Gasteiger partial charge in [0.25, 0.3) is 5.91 Å². The molecule has 8 heteroatoms. The van der Waals surface area contributed by atoms with Crippen molar-refractivity contribution in [1.29, 1.82) is 0 Å². The van der Waals surface area contributed by atoms with E-state index in [1.165, 1.54) is 10.4 Å². The maximum Gasteiger partial charge on any atom is 0.251 e. The zero-order chi connectivity index (χ0) is 18.4. The fraction of sp³-hybridized carbons (Fsp3) is 0.588. The van der Waals surface area contributed by atoms with E-state index >= 15 is 0 Å². The van der Waals surface area contributed by atoms with E-state index in [1.807, 2.05) is 0 Å². The molecule has 1 aliphatic heterocycles. The topological polar surface area (TPSA) is 75.7 Å². The van der Waals surface area contributed by atoms with E-state index < -0.39 is 10.0 Å². The summed E-state index contributed by atoms with van der Waals surface area (Å²) in [4.78, 5) is 12.5. The predicted octanol–water partition coefficient (Wildman–Crippen LogP) is 2.64. The SMILES string of the molecule is CCC(CC)CNC(=O)c1ccc(Br)c(S(=O)(=O)N2CCOCC2)c1. The highest BCUT2D eigenvalue weighted by atomic mass is 79.9. The Bertz CT molecular complexity index is 699. The molecule has 2 rings (SSSR count). The van der Waals surface area contributed by atoms with Crippen LogP contribution in [0.15, 0.2) is 27.6 Å². The highest BCUT2D eigenvalue weighted by Crippen LogP contribution is 2.27. The van der Waals surface area contributed by atoms with Crippen molar-refractivity contribution in [2.24, 2.45) is 5.92 Å². The number of carbonyl (C=O) groups is 1. The third kappa shape index (κ3) is 5.03. The van der Waals surface area contributed by atoms with Gasteiger partial charge in [0.05, 0.1) is 18.1 Å². The number of hydrogen-bond donors (Lipinski definition) is 1. The zero-order valence-electron chi connectivity index (χ0n) is 14.6. The summed E-state index contributed by atoms with van der Waals surface area (Å²) in [5.41, 5.74) is 0.348. The summed E-state index contributed by atoms with van der Waals surface area (Å²) in [6.07, 6.45) is 1.99. The number of ether oxygens (including phenoxy) is 1. The summed E-state index contributed by atoms with van der Waals surface area (Å²) < 4.78 is 32.8. The molecule has 1 aromatic carbocycles. The number of carbonyl (C=O) groups excluding carboxylic acids is 1. The van der Waals surface area contributed by atoms with Crippen LogP contribution >= 0.6 is 15.9 Å². The molecule has 0 spiro atoms. The van der Waals surface area contributed by atoms with Gasteiger partial charge in [0.2, 0.25) is 10.0 Å². The van der Waals surface area contributed by atoms with Gasteiger partial charge in [-0.05, 0) is 40.0 Å². The molecule has 1 saturated heterocycles. The fourth-order valence-corrected chi connectivity index (χ4v) is 5.04. The number of morpholine rings is 1. The highest BCUT2D eigenvalue weighted by Gasteiger charge is 2.29. The summed E-state index contributed by atoms with van der Waals surface area (Å²) in [5.74, 6) is 0.175. The Morgan fingerprint density at radius 1 is 1.28 bits per heavy atom. The average molecular weight is 433 g/mol. The van der Waals surface area contributed by atoms with Gasteiger partial charge in [0.15, 0.2) is 0 Å². The Morgan fingerprint density at radius 3 is 2.52 bits per heavy atom. The van der Waals surface area contributed by atoms with Gasteiger partial charge in [-0.25, -0.2) is 8.42 Å². The quantitative estimate of drug-likeness (QED) is 0.718. The first-order valence-electron chi connectivity index (χ1n) is 8.55. The van der Waals surface area contributed by atoms with Crippen molar-refractivity contribution in [3.05, 3.63) is 28.2 Å². The number of nitrogens with zero attached hydrogens (tertiary/aromatic N) is 1. The number of nitrogens with one attached hydrogen (secondary N) is 1. The summed E-state index contributed by atoms with van der Waals surface area (Å²) in [7, 11) is -3.66. The van der Waals surface area contributed by atoms with Crippen LogP contribution in [0.25, 0.3) is 0 Å². The lowest BCUT2D eigenvalue weighted by atomic mass is 10.0. The van der Waals surface area contributed by atoms with E-state index in [2.05, 4.69) is 35.1 Å².